The number of para-hydroxylation sites is 1. The largest absolute Gasteiger partial charge is 0.497 e. The highest BCUT2D eigenvalue weighted by Gasteiger charge is 2.50. The molecule has 216 valence electrons. The van der Waals surface area contributed by atoms with Gasteiger partial charge in [-0.05, 0) is 42.7 Å². The highest BCUT2D eigenvalue weighted by molar-refractivity contribution is 5.96. The maximum atomic E-state index is 13.7. The molecule has 0 spiro atoms. The first kappa shape index (κ1) is 29.6. The third-order valence-electron chi connectivity index (χ3n) is 7.83. The first-order chi connectivity index (χ1) is 19.5. The standard InChI is InChI=1S/C32H42N2O6/c1-3-4-5-6-7-15-28(36)34(18-16-22-11-10-12-23(20-22)39-2)26-21-25(32(38)33-17-19-35)29-24-13-8-9-14-27(24)40-31(29)30(26)37/h8-14,20-21,26,29-31,35,37H,3-7,15-19H2,1-2H3,(H,33,38). The Bertz CT molecular complexity index is 1180. The summed E-state index contributed by atoms with van der Waals surface area (Å²) in [5, 5.41) is 23.7. The van der Waals surface area contributed by atoms with Gasteiger partial charge in [-0.25, -0.2) is 0 Å². The van der Waals surface area contributed by atoms with E-state index in [1.165, 1.54) is 0 Å². The molecule has 1 aliphatic carbocycles. The Kier molecular flexibility index (Phi) is 10.6. The Morgan fingerprint density at radius 3 is 2.65 bits per heavy atom. The first-order valence-electron chi connectivity index (χ1n) is 14.4. The molecule has 8 nitrogen and oxygen atoms in total. The zero-order valence-electron chi connectivity index (χ0n) is 23.6. The number of amides is 2. The number of rotatable bonds is 14. The number of benzene rings is 2. The van der Waals surface area contributed by atoms with E-state index in [9.17, 15) is 19.8 Å². The van der Waals surface area contributed by atoms with E-state index in [0.29, 0.717) is 30.7 Å². The Morgan fingerprint density at radius 1 is 1.07 bits per heavy atom. The van der Waals surface area contributed by atoms with Crippen molar-refractivity contribution in [3.63, 3.8) is 0 Å². The van der Waals surface area contributed by atoms with Crippen LogP contribution in [0.3, 0.4) is 0 Å². The zero-order chi connectivity index (χ0) is 28.5. The van der Waals surface area contributed by atoms with E-state index in [1.54, 1.807) is 18.1 Å². The van der Waals surface area contributed by atoms with E-state index >= 15 is 0 Å². The molecule has 4 rings (SSSR count). The van der Waals surface area contributed by atoms with Crippen molar-refractivity contribution < 1.29 is 29.3 Å². The van der Waals surface area contributed by atoms with Crippen molar-refractivity contribution in [1.29, 1.82) is 0 Å². The van der Waals surface area contributed by atoms with E-state index in [0.717, 1.165) is 49.0 Å². The average Bonchev–Trinajstić information content (AvgIpc) is 3.37. The average molecular weight is 551 g/mol. The molecule has 2 aromatic rings. The molecule has 0 aromatic heterocycles. The molecule has 0 saturated heterocycles. The number of hydrogen-bond donors (Lipinski definition) is 3. The monoisotopic (exact) mass is 550 g/mol. The van der Waals surface area contributed by atoms with Crippen molar-refractivity contribution in [2.75, 3.05) is 26.8 Å². The minimum Gasteiger partial charge on any atom is -0.497 e. The number of methoxy groups -OCH3 is 1. The fourth-order valence-electron chi connectivity index (χ4n) is 5.73. The van der Waals surface area contributed by atoms with Gasteiger partial charge in [-0.15, -0.1) is 0 Å². The van der Waals surface area contributed by atoms with E-state index in [2.05, 4.69) is 12.2 Å². The van der Waals surface area contributed by atoms with Crippen molar-refractivity contribution in [3.05, 3.63) is 71.3 Å². The van der Waals surface area contributed by atoms with Crippen LogP contribution in [0.5, 0.6) is 11.5 Å². The van der Waals surface area contributed by atoms with Gasteiger partial charge in [0, 0.05) is 30.6 Å². The summed E-state index contributed by atoms with van der Waals surface area (Å²) in [5.41, 5.74) is 2.29. The van der Waals surface area contributed by atoms with Crippen LogP contribution in [0.15, 0.2) is 60.2 Å². The predicted octanol–water partition coefficient (Wildman–Crippen LogP) is 3.75. The van der Waals surface area contributed by atoms with Gasteiger partial charge in [0.05, 0.1) is 25.7 Å². The Morgan fingerprint density at radius 2 is 1.88 bits per heavy atom. The second kappa shape index (κ2) is 14.3. The number of carbonyl (C=O) groups is 2. The lowest BCUT2D eigenvalue weighted by atomic mass is 9.77. The summed E-state index contributed by atoms with van der Waals surface area (Å²) in [5.74, 6) is 0.519. The lowest BCUT2D eigenvalue weighted by Gasteiger charge is -2.41. The fourth-order valence-corrected chi connectivity index (χ4v) is 5.73. The van der Waals surface area contributed by atoms with E-state index in [4.69, 9.17) is 9.47 Å². The minimum absolute atomic E-state index is 0.0521. The Hall–Kier alpha value is -3.36. The minimum atomic E-state index is -1.03. The number of nitrogens with one attached hydrogen (secondary N) is 1. The molecule has 2 amide bonds. The van der Waals surface area contributed by atoms with Crippen LogP contribution >= 0.6 is 0 Å². The molecule has 8 heteroatoms. The van der Waals surface area contributed by atoms with Crippen molar-refractivity contribution in [3.8, 4) is 11.5 Å². The maximum absolute atomic E-state index is 13.7. The molecule has 0 saturated carbocycles. The molecular weight excluding hydrogens is 508 g/mol. The lowest BCUT2D eigenvalue weighted by Crippen LogP contribution is -2.56. The molecule has 0 fully saturated rings. The SMILES string of the molecule is CCCCCCCC(=O)N(CCc1cccc(OC)c1)C1C=C(C(=O)NCCO)C2c3ccccc3OC2C1O. The number of unbranched alkanes of at least 4 members (excludes halogenated alkanes) is 4. The number of fused-ring (bicyclic) bond motifs is 3. The molecule has 3 N–H and O–H groups in total. The van der Waals surface area contributed by atoms with Crippen LogP contribution < -0.4 is 14.8 Å². The van der Waals surface area contributed by atoms with E-state index in [-0.39, 0.29) is 25.0 Å². The summed E-state index contributed by atoms with van der Waals surface area (Å²) < 4.78 is 11.6. The van der Waals surface area contributed by atoms with Crippen LogP contribution in [0.25, 0.3) is 0 Å². The number of nitrogens with zero attached hydrogens (tertiary/aromatic N) is 1. The molecule has 4 atom stereocenters. The number of ether oxygens (including phenoxy) is 2. The van der Waals surface area contributed by atoms with Gasteiger partial charge in [-0.1, -0.05) is 62.9 Å². The summed E-state index contributed by atoms with van der Waals surface area (Å²) in [6, 6.07) is 14.5. The topological polar surface area (TPSA) is 108 Å². The molecule has 40 heavy (non-hydrogen) atoms. The summed E-state index contributed by atoms with van der Waals surface area (Å²) >= 11 is 0. The van der Waals surface area contributed by atoms with Gasteiger partial charge < -0.3 is 29.9 Å². The highest BCUT2D eigenvalue weighted by Crippen LogP contribution is 2.47. The number of hydrogen-bond acceptors (Lipinski definition) is 6. The van der Waals surface area contributed by atoms with Crippen LogP contribution in [-0.2, 0) is 16.0 Å². The maximum Gasteiger partial charge on any atom is 0.247 e. The van der Waals surface area contributed by atoms with Crippen molar-refractivity contribution in [2.24, 2.45) is 0 Å². The fraction of sp³-hybridized carbons (Fsp3) is 0.500. The van der Waals surface area contributed by atoms with Gasteiger partial charge in [0.1, 0.15) is 23.7 Å². The van der Waals surface area contributed by atoms with Gasteiger partial charge >= 0.3 is 0 Å². The highest BCUT2D eigenvalue weighted by atomic mass is 16.5. The summed E-state index contributed by atoms with van der Waals surface area (Å²) in [7, 11) is 1.62. The van der Waals surface area contributed by atoms with Crippen molar-refractivity contribution in [2.45, 2.75) is 76.0 Å². The molecular formula is C32H42N2O6. The van der Waals surface area contributed by atoms with Crippen LogP contribution in [-0.4, -0.2) is 72.0 Å². The number of carbonyl (C=O) groups excluding carboxylic acids is 2. The van der Waals surface area contributed by atoms with Gasteiger partial charge in [0.2, 0.25) is 11.8 Å². The first-order valence-corrected chi connectivity index (χ1v) is 14.4. The summed E-state index contributed by atoms with van der Waals surface area (Å²) in [4.78, 5) is 28.8. The molecule has 0 radical (unpaired) electrons. The molecule has 0 bridgehead atoms. The van der Waals surface area contributed by atoms with Crippen molar-refractivity contribution in [1.82, 2.24) is 10.2 Å². The quantitative estimate of drug-likeness (QED) is 0.309. The second-order valence-electron chi connectivity index (χ2n) is 10.5. The van der Waals surface area contributed by atoms with Gasteiger partial charge in [-0.2, -0.15) is 0 Å². The molecule has 4 unspecified atom stereocenters. The lowest BCUT2D eigenvalue weighted by molar-refractivity contribution is -0.137. The van der Waals surface area contributed by atoms with E-state index < -0.39 is 24.2 Å². The normalized spacial score (nSPS) is 21.1. The van der Waals surface area contributed by atoms with Gasteiger partial charge in [-0.3, -0.25) is 9.59 Å². The van der Waals surface area contributed by atoms with Gasteiger partial charge in [0.25, 0.3) is 0 Å². The van der Waals surface area contributed by atoms with Crippen LogP contribution in [0.4, 0.5) is 0 Å². The van der Waals surface area contributed by atoms with Crippen LogP contribution in [0, 0.1) is 0 Å². The molecule has 1 aliphatic heterocycles. The number of aliphatic hydroxyl groups excluding tert-OH is 2. The smallest absolute Gasteiger partial charge is 0.247 e. The Labute approximate surface area is 237 Å². The molecule has 2 aliphatic rings. The third-order valence-corrected chi connectivity index (χ3v) is 7.83. The zero-order valence-corrected chi connectivity index (χ0v) is 23.6. The van der Waals surface area contributed by atoms with Crippen LogP contribution in [0.2, 0.25) is 0 Å². The molecule has 2 aromatic carbocycles. The summed E-state index contributed by atoms with van der Waals surface area (Å²) in [6.07, 6.45) is 6.06. The second-order valence-corrected chi connectivity index (χ2v) is 10.5. The van der Waals surface area contributed by atoms with Crippen LogP contribution in [0.1, 0.15) is 62.5 Å². The number of aliphatic hydroxyl groups is 2. The third kappa shape index (κ3) is 6.85. The Balaban J connectivity index is 1.64. The predicted molar refractivity (Wildman–Crippen MR) is 153 cm³/mol. The summed E-state index contributed by atoms with van der Waals surface area (Å²) in [6.45, 7) is 2.46. The van der Waals surface area contributed by atoms with Crippen molar-refractivity contribution >= 4 is 11.8 Å². The molecule has 1 heterocycles. The van der Waals surface area contributed by atoms with E-state index in [1.807, 2.05) is 48.5 Å². The van der Waals surface area contributed by atoms with Gasteiger partial charge in [0.15, 0.2) is 0 Å².